The minimum atomic E-state index is -4.69. The van der Waals surface area contributed by atoms with Gasteiger partial charge in [-0.05, 0) is 19.9 Å². The molecule has 206 valence electrons. The Bertz CT molecular complexity index is 1470. The highest BCUT2D eigenvalue weighted by atomic mass is 32.2. The molecule has 2 aliphatic heterocycles. The highest BCUT2D eigenvalue weighted by Crippen LogP contribution is 2.39. The van der Waals surface area contributed by atoms with Gasteiger partial charge in [-0.15, -0.1) is 5.10 Å². The Hall–Kier alpha value is -3.17. The predicted molar refractivity (Wildman–Crippen MR) is 137 cm³/mol. The first-order valence-corrected chi connectivity index (χ1v) is 14.0. The normalized spacial score (nSPS) is 19.9. The molecule has 3 aromatic rings. The molecular formula is C23H29F3N8O3S. The first kappa shape index (κ1) is 26.4. The molecule has 5 rings (SSSR count). The van der Waals surface area contributed by atoms with E-state index in [2.05, 4.69) is 20.0 Å². The van der Waals surface area contributed by atoms with Crippen molar-refractivity contribution >= 4 is 32.9 Å². The third-order valence-corrected chi connectivity index (χ3v) is 8.30. The van der Waals surface area contributed by atoms with Crippen LogP contribution >= 0.6 is 0 Å². The number of alkyl halides is 3. The number of pyridine rings is 1. The average Bonchev–Trinajstić information content (AvgIpc) is 3.19. The molecular weight excluding hydrogens is 525 g/mol. The summed E-state index contributed by atoms with van der Waals surface area (Å²) in [7, 11) is -3.30. The zero-order chi connectivity index (χ0) is 27.4. The van der Waals surface area contributed by atoms with E-state index in [1.165, 1.54) is 10.6 Å². The van der Waals surface area contributed by atoms with Gasteiger partial charge in [-0.25, -0.2) is 22.9 Å². The van der Waals surface area contributed by atoms with Gasteiger partial charge in [0, 0.05) is 44.5 Å². The van der Waals surface area contributed by atoms with Gasteiger partial charge >= 0.3 is 6.18 Å². The number of nitrogens with zero attached hydrogens (tertiary/aromatic N) is 7. The van der Waals surface area contributed by atoms with E-state index in [1.54, 1.807) is 10.7 Å². The number of halogens is 3. The largest absolute Gasteiger partial charge is 0.417 e. The fourth-order valence-corrected chi connectivity index (χ4v) is 5.84. The van der Waals surface area contributed by atoms with Crippen molar-refractivity contribution in [2.75, 3.05) is 67.7 Å². The van der Waals surface area contributed by atoms with Crippen molar-refractivity contribution in [3.8, 4) is 11.4 Å². The van der Waals surface area contributed by atoms with Gasteiger partial charge in [0.25, 0.3) is 0 Å². The van der Waals surface area contributed by atoms with Crippen LogP contribution in [0.1, 0.15) is 18.1 Å². The minimum Gasteiger partial charge on any atom is -0.384 e. The second-order valence-electron chi connectivity index (χ2n) is 9.61. The molecule has 2 aliphatic rings. The molecule has 3 aromatic heterocycles. The van der Waals surface area contributed by atoms with Crippen molar-refractivity contribution in [2.24, 2.45) is 0 Å². The highest BCUT2D eigenvalue weighted by Gasteiger charge is 2.36. The van der Waals surface area contributed by atoms with Crippen molar-refractivity contribution in [1.82, 2.24) is 23.9 Å². The number of hydrogen-bond donors (Lipinski definition) is 1. The number of nitrogens with two attached hydrogens (primary N) is 1. The van der Waals surface area contributed by atoms with Crippen molar-refractivity contribution in [3.05, 3.63) is 29.6 Å². The number of anilines is 3. The zero-order valence-electron chi connectivity index (χ0n) is 21.2. The lowest BCUT2D eigenvalue weighted by atomic mass is 10.1. The molecule has 0 amide bonds. The van der Waals surface area contributed by atoms with Crippen LogP contribution in [0.25, 0.3) is 16.9 Å². The molecule has 2 saturated heterocycles. The molecule has 0 spiro atoms. The van der Waals surface area contributed by atoms with Crippen LogP contribution in [0.5, 0.6) is 0 Å². The van der Waals surface area contributed by atoms with Gasteiger partial charge in [0.1, 0.15) is 11.3 Å². The highest BCUT2D eigenvalue weighted by molar-refractivity contribution is 7.88. The van der Waals surface area contributed by atoms with E-state index in [0.29, 0.717) is 57.3 Å². The molecule has 1 atom stereocenters. The summed E-state index contributed by atoms with van der Waals surface area (Å²) in [4.78, 5) is 12.6. The predicted octanol–water partition coefficient (Wildman–Crippen LogP) is 2.01. The number of piperazine rings is 1. The van der Waals surface area contributed by atoms with Gasteiger partial charge in [0.05, 0.1) is 48.5 Å². The molecule has 0 unspecified atom stereocenters. The van der Waals surface area contributed by atoms with Gasteiger partial charge in [0.2, 0.25) is 10.0 Å². The van der Waals surface area contributed by atoms with Gasteiger partial charge in [-0.3, -0.25) is 0 Å². The molecule has 2 N–H and O–H groups in total. The Morgan fingerprint density at radius 2 is 1.87 bits per heavy atom. The first-order chi connectivity index (χ1) is 17.8. The molecule has 11 nitrogen and oxygen atoms in total. The van der Waals surface area contributed by atoms with Crippen LogP contribution < -0.4 is 15.5 Å². The summed E-state index contributed by atoms with van der Waals surface area (Å²) in [5.74, 6) is 0.111. The lowest BCUT2D eigenvalue weighted by Crippen LogP contribution is -2.48. The summed E-state index contributed by atoms with van der Waals surface area (Å²) in [5, 5.41) is 4.49. The number of ether oxygens (including phenoxy) is 1. The molecule has 38 heavy (non-hydrogen) atoms. The van der Waals surface area contributed by atoms with Crippen LogP contribution in [0.4, 0.5) is 30.5 Å². The van der Waals surface area contributed by atoms with Crippen LogP contribution in [0.2, 0.25) is 0 Å². The van der Waals surface area contributed by atoms with E-state index in [0.717, 1.165) is 23.5 Å². The number of aromatic nitrogens is 4. The fraction of sp³-hybridized carbons (Fsp3) is 0.522. The topological polar surface area (TPSA) is 122 Å². The lowest BCUT2D eigenvalue weighted by molar-refractivity contribution is -0.137. The third-order valence-electron chi connectivity index (χ3n) is 7.00. The van der Waals surface area contributed by atoms with E-state index in [4.69, 9.17) is 10.5 Å². The van der Waals surface area contributed by atoms with Crippen LogP contribution in [0.3, 0.4) is 0 Å². The summed E-state index contributed by atoms with van der Waals surface area (Å²) in [6.07, 6.45) is -0.686. The second-order valence-corrected chi connectivity index (χ2v) is 11.6. The number of sulfonamides is 1. The van der Waals surface area contributed by atoms with Gasteiger partial charge in [0.15, 0.2) is 11.6 Å². The standard InChI is InChI=1S/C23H29F3N8O3S/c1-14-13-37-9-8-33(14)22-20-15(2)18(31-4-6-32(7-5-31)38(3,35)36)12-34(20)30-21(29-22)16-11-28-19(27)10-17(16)23(24,25)26/h10-12,14H,4-9,13H2,1-3H3,(H2,27,28)/t14-/m0/s1. The number of aryl methyl sites for hydroxylation is 1. The van der Waals surface area contributed by atoms with Gasteiger partial charge in [-0.2, -0.15) is 17.5 Å². The Kier molecular flexibility index (Phi) is 6.64. The molecule has 5 heterocycles. The number of hydrogen-bond acceptors (Lipinski definition) is 9. The summed E-state index contributed by atoms with van der Waals surface area (Å²) < 4.78 is 74.3. The van der Waals surface area contributed by atoms with Crippen LogP contribution in [0.15, 0.2) is 18.5 Å². The Labute approximate surface area is 218 Å². The van der Waals surface area contributed by atoms with E-state index in [-0.39, 0.29) is 23.2 Å². The van der Waals surface area contributed by atoms with E-state index < -0.39 is 21.8 Å². The van der Waals surface area contributed by atoms with Gasteiger partial charge < -0.3 is 20.3 Å². The van der Waals surface area contributed by atoms with E-state index in [1.807, 2.05) is 18.7 Å². The van der Waals surface area contributed by atoms with Crippen LogP contribution in [0, 0.1) is 6.92 Å². The van der Waals surface area contributed by atoms with E-state index >= 15 is 0 Å². The quantitative estimate of drug-likeness (QED) is 0.516. The summed E-state index contributed by atoms with van der Waals surface area (Å²) in [5.41, 5.74) is 6.67. The van der Waals surface area contributed by atoms with Crippen molar-refractivity contribution in [2.45, 2.75) is 26.1 Å². The number of fused-ring (bicyclic) bond motifs is 1. The number of nitrogen functional groups attached to an aromatic ring is 1. The van der Waals surface area contributed by atoms with Crippen LogP contribution in [-0.2, 0) is 20.9 Å². The smallest absolute Gasteiger partial charge is 0.384 e. The average molecular weight is 555 g/mol. The SMILES string of the molecule is Cc1c(N2CCN(S(C)(=O)=O)CC2)cn2nc(-c3cnc(N)cc3C(F)(F)F)nc(N3CCOC[C@@H]3C)c12. The Balaban J connectivity index is 1.66. The maximum absolute atomic E-state index is 13.9. The number of rotatable bonds is 4. The summed E-state index contributed by atoms with van der Waals surface area (Å²) in [6.45, 7) is 6.89. The fourth-order valence-electron chi connectivity index (χ4n) is 5.02. The van der Waals surface area contributed by atoms with Gasteiger partial charge in [-0.1, -0.05) is 0 Å². The summed E-state index contributed by atoms with van der Waals surface area (Å²) >= 11 is 0. The maximum Gasteiger partial charge on any atom is 0.417 e. The molecule has 0 aliphatic carbocycles. The van der Waals surface area contributed by atoms with Crippen molar-refractivity contribution < 1.29 is 26.3 Å². The molecule has 15 heteroatoms. The monoisotopic (exact) mass is 554 g/mol. The molecule has 0 bridgehead atoms. The Morgan fingerprint density at radius 3 is 2.50 bits per heavy atom. The minimum absolute atomic E-state index is 0.0713. The molecule has 2 fully saturated rings. The number of morpholine rings is 1. The third kappa shape index (κ3) is 4.85. The Morgan fingerprint density at radius 1 is 1.16 bits per heavy atom. The lowest BCUT2D eigenvalue weighted by Gasteiger charge is -2.35. The molecule has 0 saturated carbocycles. The maximum atomic E-state index is 13.9. The van der Waals surface area contributed by atoms with E-state index in [9.17, 15) is 21.6 Å². The van der Waals surface area contributed by atoms with Crippen molar-refractivity contribution in [1.29, 1.82) is 0 Å². The zero-order valence-corrected chi connectivity index (χ0v) is 22.1. The molecule has 0 aromatic carbocycles. The summed E-state index contributed by atoms with van der Waals surface area (Å²) in [6, 6.07) is 0.714. The first-order valence-electron chi connectivity index (χ1n) is 12.1. The molecule has 0 radical (unpaired) electrons. The van der Waals surface area contributed by atoms with Crippen LogP contribution in [-0.4, -0.2) is 90.5 Å². The van der Waals surface area contributed by atoms with Crippen molar-refractivity contribution in [3.63, 3.8) is 0 Å². The second kappa shape index (κ2) is 9.54.